The van der Waals surface area contributed by atoms with Gasteiger partial charge in [0.1, 0.15) is 17.6 Å². The van der Waals surface area contributed by atoms with Crippen molar-refractivity contribution in [2.45, 2.75) is 18.9 Å². The molecule has 1 aliphatic rings. The number of rotatable bonds is 7. The van der Waals surface area contributed by atoms with Crippen LogP contribution in [0.3, 0.4) is 0 Å². The van der Waals surface area contributed by atoms with Gasteiger partial charge in [0.2, 0.25) is 0 Å². The Labute approximate surface area is 161 Å². The third kappa shape index (κ3) is 3.69. The van der Waals surface area contributed by atoms with E-state index in [0.717, 1.165) is 16.5 Å². The molecule has 28 heavy (non-hydrogen) atoms. The number of urea groups is 1. The molecular weight excluding hydrogens is 361 g/mol. The van der Waals surface area contributed by atoms with Gasteiger partial charge in [-0.15, -0.1) is 0 Å². The van der Waals surface area contributed by atoms with Crippen LogP contribution < -0.4 is 10.1 Å². The molecule has 0 saturated carbocycles. The molecule has 1 atom stereocenters. The van der Waals surface area contributed by atoms with Crippen LogP contribution in [0.25, 0.3) is 10.9 Å². The smallest absolute Gasteiger partial charge is 0.324 e. The number of ether oxygens (including phenoxy) is 1. The molecule has 1 fully saturated rings. The summed E-state index contributed by atoms with van der Waals surface area (Å²) in [6.45, 7) is 0.603. The van der Waals surface area contributed by atoms with Crippen molar-refractivity contribution in [2.24, 2.45) is 0 Å². The standard InChI is InChI=1S/C21H20FN3O3/c22-15-6-8-16(9-7-15)28-11-3-10-25-20(26)19(24-21(25)27)12-14-13-23-18-5-2-1-4-17(14)18/h1-2,4-9,13,19,23H,3,10-12H2,(H,24,27)/t19-/m1/s1. The number of benzene rings is 2. The number of fused-ring (bicyclic) bond motifs is 1. The van der Waals surface area contributed by atoms with E-state index in [-0.39, 0.29) is 24.3 Å². The molecule has 0 aliphatic carbocycles. The van der Waals surface area contributed by atoms with E-state index in [2.05, 4.69) is 10.3 Å². The van der Waals surface area contributed by atoms with Crippen LogP contribution in [0.5, 0.6) is 5.75 Å². The number of imide groups is 1. The third-order valence-electron chi connectivity index (χ3n) is 4.81. The molecular formula is C21H20FN3O3. The Balaban J connectivity index is 1.31. The van der Waals surface area contributed by atoms with Crippen molar-refractivity contribution in [1.82, 2.24) is 15.2 Å². The number of aromatic amines is 1. The SMILES string of the molecule is O=C1N[C@H](Cc2c[nH]c3ccccc23)C(=O)N1CCCOc1ccc(F)cc1. The zero-order valence-electron chi connectivity index (χ0n) is 15.2. The maximum Gasteiger partial charge on any atom is 0.324 e. The maximum atomic E-state index is 12.9. The van der Waals surface area contributed by atoms with E-state index >= 15 is 0 Å². The van der Waals surface area contributed by atoms with Crippen molar-refractivity contribution in [3.05, 3.63) is 66.1 Å². The predicted octanol–water partition coefficient (Wildman–Crippen LogP) is 3.24. The van der Waals surface area contributed by atoms with E-state index in [9.17, 15) is 14.0 Å². The topological polar surface area (TPSA) is 74.4 Å². The van der Waals surface area contributed by atoms with Crippen LogP contribution >= 0.6 is 0 Å². The number of hydrogen-bond donors (Lipinski definition) is 2. The van der Waals surface area contributed by atoms with Gasteiger partial charge in [-0.3, -0.25) is 9.69 Å². The van der Waals surface area contributed by atoms with Crippen molar-refractivity contribution < 1.29 is 18.7 Å². The average molecular weight is 381 g/mol. The molecule has 144 valence electrons. The van der Waals surface area contributed by atoms with Crippen molar-refractivity contribution in [3.8, 4) is 5.75 Å². The number of carbonyl (C=O) groups is 2. The van der Waals surface area contributed by atoms with Crippen LogP contribution in [-0.2, 0) is 11.2 Å². The molecule has 1 aliphatic heterocycles. The fraction of sp³-hybridized carbons (Fsp3) is 0.238. The van der Waals surface area contributed by atoms with Crippen LogP contribution in [0.4, 0.5) is 9.18 Å². The summed E-state index contributed by atoms with van der Waals surface area (Å²) in [4.78, 5) is 29.2. The molecule has 3 amide bonds. The van der Waals surface area contributed by atoms with E-state index in [1.54, 1.807) is 12.1 Å². The van der Waals surface area contributed by atoms with Gasteiger partial charge < -0.3 is 15.0 Å². The van der Waals surface area contributed by atoms with E-state index in [4.69, 9.17) is 4.74 Å². The highest BCUT2D eigenvalue weighted by atomic mass is 19.1. The molecule has 0 spiro atoms. The molecule has 7 heteroatoms. The molecule has 1 saturated heterocycles. The summed E-state index contributed by atoms with van der Waals surface area (Å²) in [5, 5.41) is 3.81. The molecule has 6 nitrogen and oxygen atoms in total. The molecule has 0 radical (unpaired) electrons. The van der Waals surface area contributed by atoms with E-state index in [1.807, 2.05) is 30.5 Å². The second-order valence-corrected chi connectivity index (χ2v) is 6.71. The van der Waals surface area contributed by atoms with Gasteiger partial charge in [0.15, 0.2) is 0 Å². The van der Waals surface area contributed by atoms with Gasteiger partial charge in [0.05, 0.1) is 6.61 Å². The number of carbonyl (C=O) groups excluding carboxylic acids is 2. The Morgan fingerprint density at radius 1 is 1.07 bits per heavy atom. The molecule has 2 heterocycles. The van der Waals surface area contributed by atoms with E-state index in [0.29, 0.717) is 25.2 Å². The zero-order chi connectivity index (χ0) is 19.5. The quantitative estimate of drug-likeness (QED) is 0.487. The first-order chi connectivity index (χ1) is 13.6. The number of nitrogens with zero attached hydrogens (tertiary/aromatic N) is 1. The Morgan fingerprint density at radius 2 is 1.86 bits per heavy atom. The number of halogens is 1. The Kier molecular flexibility index (Phi) is 4.97. The first-order valence-electron chi connectivity index (χ1n) is 9.17. The lowest BCUT2D eigenvalue weighted by Crippen LogP contribution is -2.33. The summed E-state index contributed by atoms with van der Waals surface area (Å²) in [5.74, 6) is 0.000743. The number of aromatic nitrogens is 1. The molecule has 3 aromatic rings. The molecule has 2 N–H and O–H groups in total. The van der Waals surface area contributed by atoms with Gasteiger partial charge >= 0.3 is 6.03 Å². The predicted molar refractivity (Wildman–Crippen MR) is 103 cm³/mol. The number of hydrogen-bond acceptors (Lipinski definition) is 3. The summed E-state index contributed by atoms with van der Waals surface area (Å²) in [5.41, 5.74) is 2.00. The lowest BCUT2D eigenvalue weighted by molar-refractivity contribution is -0.127. The average Bonchev–Trinajstić information content (AvgIpc) is 3.22. The number of nitrogens with one attached hydrogen (secondary N) is 2. The summed E-state index contributed by atoms with van der Waals surface area (Å²) < 4.78 is 18.4. The second-order valence-electron chi connectivity index (χ2n) is 6.71. The second kappa shape index (κ2) is 7.72. The van der Waals surface area contributed by atoms with Crippen LogP contribution in [0.1, 0.15) is 12.0 Å². The molecule has 0 bridgehead atoms. The molecule has 4 rings (SSSR count). The van der Waals surface area contributed by atoms with E-state index in [1.165, 1.54) is 17.0 Å². The summed E-state index contributed by atoms with van der Waals surface area (Å²) in [6.07, 6.45) is 2.82. The minimum atomic E-state index is -0.565. The minimum Gasteiger partial charge on any atom is -0.494 e. The Hall–Kier alpha value is -3.35. The van der Waals surface area contributed by atoms with Crippen molar-refractivity contribution in [2.75, 3.05) is 13.2 Å². The summed E-state index contributed by atoms with van der Waals surface area (Å²) in [7, 11) is 0. The van der Waals surface area contributed by atoms with Gasteiger partial charge in [0.25, 0.3) is 5.91 Å². The monoisotopic (exact) mass is 381 g/mol. The molecule has 1 aromatic heterocycles. The maximum absolute atomic E-state index is 12.9. The van der Waals surface area contributed by atoms with Crippen molar-refractivity contribution >= 4 is 22.8 Å². The van der Waals surface area contributed by atoms with Crippen molar-refractivity contribution in [3.63, 3.8) is 0 Å². The molecule has 2 aromatic carbocycles. The van der Waals surface area contributed by atoms with Gasteiger partial charge in [-0.05, 0) is 42.3 Å². The number of amides is 3. The van der Waals surface area contributed by atoms with Gasteiger partial charge in [0, 0.05) is 30.1 Å². The largest absolute Gasteiger partial charge is 0.494 e. The highest BCUT2D eigenvalue weighted by Gasteiger charge is 2.37. The third-order valence-corrected chi connectivity index (χ3v) is 4.81. The fourth-order valence-corrected chi connectivity index (χ4v) is 3.39. The summed E-state index contributed by atoms with van der Waals surface area (Å²) >= 11 is 0. The van der Waals surface area contributed by atoms with E-state index < -0.39 is 6.04 Å². The highest BCUT2D eigenvalue weighted by molar-refractivity contribution is 6.04. The van der Waals surface area contributed by atoms with Crippen LogP contribution in [0.2, 0.25) is 0 Å². The minimum absolute atomic E-state index is 0.225. The zero-order valence-corrected chi connectivity index (χ0v) is 15.2. The normalized spacial score (nSPS) is 16.6. The van der Waals surface area contributed by atoms with Gasteiger partial charge in [-0.2, -0.15) is 0 Å². The number of H-pyrrole nitrogens is 1. The lowest BCUT2D eigenvalue weighted by atomic mass is 10.1. The lowest BCUT2D eigenvalue weighted by Gasteiger charge is -2.13. The Morgan fingerprint density at radius 3 is 2.68 bits per heavy atom. The fourth-order valence-electron chi connectivity index (χ4n) is 3.39. The van der Waals surface area contributed by atoms with Gasteiger partial charge in [-0.1, -0.05) is 18.2 Å². The first kappa shape index (κ1) is 18.0. The van der Waals surface area contributed by atoms with Crippen LogP contribution in [-0.4, -0.2) is 41.0 Å². The first-order valence-corrected chi connectivity index (χ1v) is 9.17. The summed E-state index contributed by atoms with van der Waals surface area (Å²) in [6, 6.07) is 12.6. The van der Waals surface area contributed by atoms with Crippen molar-refractivity contribution in [1.29, 1.82) is 0 Å². The Bertz CT molecular complexity index is 1000. The highest BCUT2D eigenvalue weighted by Crippen LogP contribution is 2.21. The van der Waals surface area contributed by atoms with Crippen LogP contribution in [0.15, 0.2) is 54.7 Å². The van der Waals surface area contributed by atoms with Gasteiger partial charge in [-0.25, -0.2) is 9.18 Å². The number of para-hydroxylation sites is 1. The van der Waals surface area contributed by atoms with Crippen LogP contribution in [0, 0.1) is 5.82 Å². The molecule has 0 unspecified atom stereocenters.